The second-order valence-corrected chi connectivity index (χ2v) is 7.59. The Balaban J connectivity index is 1.57. The van der Waals surface area contributed by atoms with E-state index in [1.807, 2.05) is 18.2 Å². The maximum atomic E-state index is 10.6. The Morgan fingerprint density at radius 1 is 1.22 bits per heavy atom. The minimum Gasteiger partial charge on any atom is -0.327 e. The Kier molecular flexibility index (Phi) is 8.61. The summed E-state index contributed by atoms with van der Waals surface area (Å²) in [5, 5.41) is 0. The number of hydrogen-bond donors (Lipinski definition) is 2. The fraction of sp³-hybridized carbons (Fsp3) is 0.600. The van der Waals surface area contributed by atoms with Gasteiger partial charge in [0.05, 0.1) is 0 Å². The third kappa shape index (κ3) is 7.81. The molecule has 1 fully saturated rings. The number of piperazine rings is 1. The summed E-state index contributed by atoms with van der Waals surface area (Å²) in [4.78, 5) is 14.4. The molecular formula is C15H26N3O3PS. The summed E-state index contributed by atoms with van der Waals surface area (Å²) in [6.07, 6.45) is 0.987. The monoisotopic (exact) mass is 359 g/mol. The van der Waals surface area contributed by atoms with Gasteiger partial charge in [-0.15, -0.1) is 11.8 Å². The average Bonchev–Trinajstić information content (AvgIpc) is 2.58. The standard InChI is InChI=1S/C15H26N3O3PS/c16-14(12-23-15-4-2-1-3-5-15)6-7-17-8-10-18(11-9-17)13-21-22(19)20/h1-5,14,22H,6-13,16H2,(H,19,20). The largest absolute Gasteiger partial charge is 0.327 e. The van der Waals surface area contributed by atoms with Gasteiger partial charge in [0.25, 0.3) is 0 Å². The second-order valence-electron chi connectivity index (χ2n) is 5.67. The molecule has 23 heavy (non-hydrogen) atoms. The van der Waals surface area contributed by atoms with E-state index in [4.69, 9.17) is 15.2 Å². The molecule has 1 heterocycles. The van der Waals surface area contributed by atoms with E-state index in [1.54, 1.807) is 11.8 Å². The molecule has 0 saturated carbocycles. The summed E-state index contributed by atoms with van der Waals surface area (Å²) < 4.78 is 15.3. The van der Waals surface area contributed by atoms with Crippen LogP contribution >= 0.6 is 20.0 Å². The van der Waals surface area contributed by atoms with Crippen molar-refractivity contribution in [2.45, 2.75) is 17.4 Å². The molecule has 0 amide bonds. The van der Waals surface area contributed by atoms with Crippen LogP contribution < -0.4 is 5.73 Å². The number of rotatable bonds is 9. The highest BCUT2D eigenvalue weighted by Crippen LogP contribution is 2.18. The molecule has 8 heteroatoms. The topological polar surface area (TPSA) is 79.0 Å². The van der Waals surface area contributed by atoms with Crippen molar-refractivity contribution in [3.63, 3.8) is 0 Å². The van der Waals surface area contributed by atoms with Gasteiger partial charge in [0.2, 0.25) is 0 Å². The smallest absolute Gasteiger partial charge is 0.317 e. The van der Waals surface area contributed by atoms with Gasteiger partial charge in [0, 0.05) is 42.9 Å². The molecule has 1 aromatic rings. The van der Waals surface area contributed by atoms with Gasteiger partial charge in [-0.3, -0.25) is 14.0 Å². The minimum absolute atomic E-state index is 0.196. The van der Waals surface area contributed by atoms with Gasteiger partial charge < -0.3 is 15.5 Å². The van der Waals surface area contributed by atoms with E-state index in [-0.39, 0.29) is 12.8 Å². The highest BCUT2D eigenvalue weighted by atomic mass is 32.2. The van der Waals surface area contributed by atoms with Crippen LogP contribution in [0.15, 0.2) is 35.2 Å². The van der Waals surface area contributed by atoms with Crippen LogP contribution in [-0.2, 0) is 9.09 Å². The van der Waals surface area contributed by atoms with Gasteiger partial charge in [-0.1, -0.05) is 18.2 Å². The van der Waals surface area contributed by atoms with Crippen molar-refractivity contribution in [2.75, 3.05) is 45.2 Å². The lowest BCUT2D eigenvalue weighted by atomic mass is 10.2. The normalized spacial score (nSPS) is 19.6. The molecule has 0 aromatic heterocycles. The SMILES string of the molecule is NC(CCN1CCN(CO[PH](=O)O)CC1)CSc1ccccc1. The molecule has 0 radical (unpaired) electrons. The van der Waals surface area contributed by atoms with Crippen molar-refractivity contribution in [3.8, 4) is 0 Å². The van der Waals surface area contributed by atoms with Crippen molar-refractivity contribution < 1.29 is 14.0 Å². The molecule has 1 aliphatic rings. The van der Waals surface area contributed by atoms with Crippen molar-refractivity contribution in [3.05, 3.63) is 30.3 Å². The fourth-order valence-electron chi connectivity index (χ4n) is 2.44. The molecule has 1 aliphatic heterocycles. The van der Waals surface area contributed by atoms with E-state index < -0.39 is 8.25 Å². The third-order valence-electron chi connectivity index (χ3n) is 3.86. The van der Waals surface area contributed by atoms with Gasteiger partial charge in [-0.05, 0) is 25.1 Å². The summed E-state index contributed by atoms with van der Waals surface area (Å²) in [5.74, 6) is 0.933. The lowest BCUT2D eigenvalue weighted by molar-refractivity contribution is 0.0638. The Labute approximate surface area is 142 Å². The summed E-state index contributed by atoms with van der Waals surface area (Å²) >= 11 is 1.81. The molecular weight excluding hydrogens is 333 g/mol. The van der Waals surface area contributed by atoms with Crippen LogP contribution in [0.5, 0.6) is 0 Å². The predicted molar refractivity (Wildman–Crippen MR) is 94.9 cm³/mol. The van der Waals surface area contributed by atoms with Crippen LogP contribution in [0.25, 0.3) is 0 Å². The molecule has 6 nitrogen and oxygen atoms in total. The molecule has 3 N–H and O–H groups in total. The first-order valence-corrected chi connectivity index (χ1v) is 10.1. The molecule has 0 bridgehead atoms. The van der Waals surface area contributed by atoms with Gasteiger partial charge in [-0.25, -0.2) is 0 Å². The number of nitrogens with two attached hydrogens (primary N) is 1. The van der Waals surface area contributed by atoms with E-state index >= 15 is 0 Å². The average molecular weight is 359 g/mol. The molecule has 130 valence electrons. The van der Waals surface area contributed by atoms with Crippen LogP contribution in [0.2, 0.25) is 0 Å². The first-order chi connectivity index (χ1) is 11.1. The fourth-order valence-corrected chi connectivity index (χ4v) is 3.66. The van der Waals surface area contributed by atoms with E-state index in [2.05, 4.69) is 21.9 Å². The van der Waals surface area contributed by atoms with E-state index in [1.165, 1.54) is 4.90 Å². The second kappa shape index (κ2) is 10.5. The Hall–Kier alpha value is -0.400. The first kappa shape index (κ1) is 18.9. The summed E-state index contributed by atoms with van der Waals surface area (Å²) in [6.45, 7) is 4.88. The van der Waals surface area contributed by atoms with Gasteiger partial charge in [-0.2, -0.15) is 0 Å². The molecule has 2 rings (SSSR count). The van der Waals surface area contributed by atoms with Crippen LogP contribution in [0, 0.1) is 0 Å². The quantitative estimate of drug-likeness (QED) is 0.511. The van der Waals surface area contributed by atoms with Crippen molar-refractivity contribution in [1.82, 2.24) is 9.80 Å². The Bertz CT molecular complexity index is 472. The lowest BCUT2D eigenvalue weighted by Gasteiger charge is -2.34. The van der Waals surface area contributed by atoms with Crippen molar-refractivity contribution in [1.29, 1.82) is 0 Å². The van der Waals surface area contributed by atoms with Crippen LogP contribution in [0.3, 0.4) is 0 Å². The molecule has 1 saturated heterocycles. The first-order valence-electron chi connectivity index (χ1n) is 7.87. The predicted octanol–water partition coefficient (Wildman–Crippen LogP) is 1.47. The van der Waals surface area contributed by atoms with Crippen molar-refractivity contribution in [2.24, 2.45) is 5.73 Å². The maximum absolute atomic E-state index is 10.6. The maximum Gasteiger partial charge on any atom is 0.317 e. The van der Waals surface area contributed by atoms with Gasteiger partial charge in [0.1, 0.15) is 6.73 Å². The van der Waals surface area contributed by atoms with Crippen LogP contribution in [0.4, 0.5) is 0 Å². The van der Waals surface area contributed by atoms with Gasteiger partial charge >= 0.3 is 8.25 Å². The minimum atomic E-state index is -2.82. The van der Waals surface area contributed by atoms with E-state index in [0.717, 1.165) is 44.9 Å². The number of nitrogens with zero attached hydrogens (tertiary/aromatic N) is 2. The summed E-state index contributed by atoms with van der Waals surface area (Å²) in [6, 6.07) is 10.5. The van der Waals surface area contributed by atoms with Crippen molar-refractivity contribution >= 4 is 20.0 Å². The van der Waals surface area contributed by atoms with Crippen LogP contribution in [0.1, 0.15) is 6.42 Å². The Morgan fingerprint density at radius 3 is 2.52 bits per heavy atom. The zero-order chi connectivity index (χ0) is 16.5. The Morgan fingerprint density at radius 2 is 1.87 bits per heavy atom. The van der Waals surface area contributed by atoms with Gasteiger partial charge in [0.15, 0.2) is 0 Å². The summed E-state index contributed by atoms with van der Waals surface area (Å²) in [5.41, 5.74) is 6.21. The zero-order valence-corrected chi connectivity index (χ0v) is 15.1. The zero-order valence-electron chi connectivity index (χ0n) is 13.3. The molecule has 2 unspecified atom stereocenters. The number of benzene rings is 1. The lowest BCUT2D eigenvalue weighted by Crippen LogP contribution is -2.47. The summed E-state index contributed by atoms with van der Waals surface area (Å²) in [7, 11) is -2.82. The number of hydrogen-bond acceptors (Lipinski definition) is 6. The third-order valence-corrected chi connectivity index (χ3v) is 5.44. The van der Waals surface area contributed by atoms with Crippen LogP contribution in [-0.4, -0.2) is 65.9 Å². The number of thioether (sulfide) groups is 1. The highest BCUT2D eigenvalue weighted by Gasteiger charge is 2.17. The molecule has 1 aromatic carbocycles. The molecule has 0 aliphatic carbocycles. The van der Waals surface area contributed by atoms with E-state index in [0.29, 0.717) is 0 Å². The molecule has 0 spiro atoms. The molecule has 2 atom stereocenters. The van der Waals surface area contributed by atoms with E-state index in [9.17, 15) is 4.57 Å². The highest BCUT2D eigenvalue weighted by molar-refractivity contribution is 7.99.